The van der Waals surface area contributed by atoms with Gasteiger partial charge in [0.15, 0.2) is 0 Å². The number of aryl methyl sites for hydroxylation is 1. The molecular formula is C14H16BN. The fourth-order valence-electron chi connectivity index (χ4n) is 2.18. The number of aromatic nitrogens is 1. The van der Waals surface area contributed by atoms with E-state index in [1.807, 2.05) is 18.5 Å². The Bertz CT molecular complexity index is 465. The molecule has 0 saturated heterocycles. The van der Waals surface area contributed by atoms with Crippen LogP contribution in [0.25, 0.3) is 11.0 Å². The van der Waals surface area contributed by atoms with Gasteiger partial charge in [-0.25, -0.2) is 0 Å². The molecule has 80 valence electrons. The van der Waals surface area contributed by atoms with E-state index in [0.29, 0.717) is 0 Å². The van der Waals surface area contributed by atoms with E-state index in [-0.39, 0.29) is 0 Å². The first-order valence-corrected chi connectivity index (χ1v) is 5.88. The van der Waals surface area contributed by atoms with Crippen molar-refractivity contribution >= 4 is 6.91 Å². The number of nitrogens with zero attached hydrogens (tertiary/aromatic N) is 1. The topological polar surface area (TPSA) is 12.9 Å². The molecule has 0 fully saturated rings. The zero-order chi connectivity index (χ0) is 11.4. The molecule has 2 heteroatoms. The van der Waals surface area contributed by atoms with Gasteiger partial charge < -0.3 is 0 Å². The molecule has 2 aromatic rings. The molecule has 2 rings (SSSR count). The summed E-state index contributed by atoms with van der Waals surface area (Å²) in [5, 5.41) is 0. The van der Waals surface area contributed by atoms with Crippen LogP contribution in [0, 0.1) is 0 Å². The van der Waals surface area contributed by atoms with E-state index < -0.39 is 0 Å². The van der Waals surface area contributed by atoms with E-state index in [2.05, 4.69) is 43.8 Å². The second-order valence-electron chi connectivity index (χ2n) is 3.89. The first-order valence-electron chi connectivity index (χ1n) is 5.88. The van der Waals surface area contributed by atoms with E-state index in [0.717, 1.165) is 12.8 Å². The summed E-state index contributed by atoms with van der Waals surface area (Å²) in [5.41, 5.74) is 5.45. The molecule has 0 spiro atoms. The number of hydrogen-bond donors (Lipinski definition) is 0. The predicted octanol–water partition coefficient (Wildman–Crippen LogP) is 3.21. The summed E-state index contributed by atoms with van der Waals surface area (Å²) in [5.74, 6) is 2.14. The zero-order valence-electron chi connectivity index (χ0n) is 9.90. The van der Waals surface area contributed by atoms with Gasteiger partial charge in [-0.15, -0.1) is 0 Å². The quantitative estimate of drug-likeness (QED) is 0.756. The molecule has 0 atom stereocenters. The van der Waals surface area contributed by atoms with Crippen LogP contribution in [0.1, 0.15) is 25.0 Å². The minimum absolute atomic E-state index is 1.08. The number of hydrogen-bond acceptors (Lipinski definition) is 1. The third-order valence-electron chi connectivity index (χ3n) is 2.98. The van der Waals surface area contributed by atoms with Crippen molar-refractivity contribution < 1.29 is 0 Å². The summed E-state index contributed by atoms with van der Waals surface area (Å²) in [6.45, 7) is 6.62. The molecule has 2 aromatic heterocycles. The molecule has 0 amide bonds. The third-order valence-corrected chi connectivity index (χ3v) is 2.98. The molecular weight excluding hydrogens is 193 g/mol. The molecule has 0 unspecified atom stereocenters. The van der Waals surface area contributed by atoms with Gasteiger partial charge in [-0.1, -0.05) is 0 Å². The van der Waals surface area contributed by atoms with Crippen LogP contribution in [-0.2, 0) is 12.8 Å². The minimum atomic E-state index is 1.08. The van der Waals surface area contributed by atoms with Gasteiger partial charge >= 0.3 is 97.3 Å². The van der Waals surface area contributed by atoms with Crippen LogP contribution in [0.4, 0.5) is 0 Å². The Morgan fingerprint density at radius 3 is 2.69 bits per heavy atom. The van der Waals surface area contributed by atoms with E-state index in [4.69, 9.17) is 0 Å². The van der Waals surface area contributed by atoms with E-state index in [9.17, 15) is 0 Å². The zero-order valence-corrected chi connectivity index (χ0v) is 9.90. The molecule has 0 aliphatic rings. The van der Waals surface area contributed by atoms with Gasteiger partial charge in [-0.3, -0.25) is 0 Å². The van der Waals surface area contributed by atoms with Gasteiger partial charge in [0, 0.05) is 0 Å². The van der Waals surface area contributed by atoms with Crippen molar-refractivity contribution in [3.8, 4) is 11.0 Å². The Morgan fingerprint density at radius 1 is 1.19 bits per heavy atom. The summed E-state index contributed by atoms with van der Waals surface area (Å²) >= 11 is 0. The third kappa shape index (κ3) is 2.06. The second-order valence-corrected chi connectivity index (χ2v) is 3.89. The normalized spacial score (nSPS) is 10.1. The van der Waals surface area contributed by atoms with Crippen LogP contribution in [-0.4, -0.2) is 11.9 Å². The molecule has 0 aromatic carbocycles. The molecule has 16 heavy (non-hydrogen) atoms. The van der Waals surface area contributed by atoms with E-state index in [1.54, 1.807) is 0 Å². The first kappa shape index (κ1) is 11.1. The summed E-state index contributed by atoms with van der Waals surface area (Å²) < 4.78 is 0. The van der Waals surface area contributed by atoms with Gasteiger partial charge in [-0.05, 0) is 0 Å². The Kier molecular flexibility index (Phi) is 3.50. The van der Waals surface area contributed by atoms with Gasteiger partial charge in [-0.2, -0.15) is 0 Å². The molecule has 0 saturated carbocycles. The predicted molar refractivity (Wildman–Crippen MR) is 69.8 cm³/mol. The van der Waals surface area contributed by atoms with Crippen LogP contribution < -0.4 is 0 Å². The molecule has 0 radical (unpaired) electrons. The van der Waals surface area contributed by atoms with Crippen LogP contribution >= 0.6 is 0 Å². The van der Waals surface area contributed by atoms with Crippen molar-refractivity contribution in [3.05, 3.63) is 47.7 Å². The van der Waals surface area contributed by atoms with E-state index in [1.165, 1.54) is 22.1 Å². The Balaban J connectivity index is 2.57. The van der Waals surface area contributed by atoms with Crippen LogP contribution in [0.3, 0.4) is 0 Å². The number of rotatable bonds is 3. The average Bonchev–Trinajstić information content (AvgIpc) is 2.38. The van der Waals surface area contributed by atoms with Gasteiger partial charge in [0.05, 0.1) is 0 Å². The average molecular weight is 209 g/mol. The summed E-state index contributed by atoms with van der Waals surface area (Å²) in [6.07, 6.45) is 5.93. The van der Waals surface area contributed by atoms with Gasteiger partial charge in [0.2, 0.25) is 0 Å². The maximum atomic E-state index is 4.19. The molecule has 0 aliphatic heterocycles. The standard InChI is InChI=1S/C14H16BN/c1-3-11-7-8-15-14(13(11)4-2)12-6-5-9-16-10-12/h5-10H,3-4H2,1-2H3. The molecule has 0 N–H and O–H groups in total. The fourth-order valence-corrected chi connectivity index (χ4v) is 2.18. The van der Waals surface area contributed by atoms with Crippen molar-refractivity contribution in [2.24, 2.45) is 0 Å². The summed E-state index contributed by atoms with van der Waals surface area (Å²) in [7, 11) is 0. The van der Waals surface area contributed by atoms with Crippen LogP contribution in [0.5, 0.6) is 0 Å². The molecule has 0 aliphatic carbocycles. The maximum absolute atomic E-state index is 4.19. The fraction of sp³-hybridized carbons (Fsp3) is 0.286. The Hall–Kier alpha value is -1.44. The van der Waals surface area contributed by atoms with E-state index >= 15 is 0 Å². The van der Waals surface area contributed by atoms with Crippen molar-refractivity contribution in [2.75, 3.05) is 0 Å². The monoisotopic (exact) mass is 209 g/mol. The van der Waals surface area contributed by atoms with Crippen molar-refractivity contribution in [3.63, 3.8) is 0 Å². The molecule has 1 nitrogen and oxygen atoms in total. The summed E-state index contributed by atoms with van der Waals surface area (Å²) in [4.78, 5) is 4.19. The van der Waals surface area contributed by atoms with Crippen molar-refractivity contribution in [1.82, 2.24) is 4.98 Å². The molecule has 0 bridgehead atoms. The van der Waals surface area contributed by atoms with Crippen molar-refractivity contribution in [2.45, 2.75) is 26.7 Å². The van der Waals surface area contributed by atoms with Crippen LogP contribution in [0.15, 0.2) is 36.6 Å². The summed E-state index contributed by atoms with van der Waals surface area (Å²) in [6, 6.07) is 6.34. The van der Waals surface area contributed by atoms with Gasteiger partial charge in [0.25, 0.3) is 0 Å². The second kappa shape index (κ2) is 5.06. The first-order chi connectivity index (χ1) is 7.86. The van der Waals surface area contributed by atoms with Gasteiger partial charge in [0.1, 0.15) is 0 Å². The Labute approximate surface area is 97.8 Å². The molecule has 2 heterocycles. The van der Waals surface area contributed by atoms with Crippen LogP contribution in [0.2, 0.25) is 0 Å². The Morgan fingerprint density at radius 2 is 2.06 bits per heavy atom. The van der Waals surface area contributed by atoms with Crippen molar-refractivity contribution in [1.29, 1.82) is 0 Å². The SMILES string of the molecule is CCc1ccbc(-c2cccnc2)c1CC. The number of pyridine rings is 1.